The van der Waals surface area contributed by atoms with Gasteiger partial charge in [0.1, 0.15) is 0 Å². The molecule has 2 nitrogen and oxygen atoms in total. The Balaban J connectivity index is 2.23. The second kappa shape index (κ2) is 2.42. The van der Waals surface area contributed by atoms with E-state index in [-0.39, 0.29) is 6.04 Å². The molecule has 0 aliphatic carbocycles. The van der Waals surface area contributed by atoms with Crippen LogP contribution < -0.4 is 5.32 Å². The lowest BCUT2D eigenvalue weighted by atomic mass is 10.3. The summed E-state index contributed by atoms with van der Waals surface area (Å²) in [7, 11) is 0. The Hall–Kier alpha value is -0.150. The molecule has 1 radical (unpaired) electrons. The zero-order valence-corrected chi connectivity index (χ0v) is 4.97. The zero-order chi connectivity index (χ0) is 5.98. The number of piperazine rings is 1. The lowest BCUT2D eigenvalue weighted by molar-refractivity contribution is -0.00138. The Bertz CT molecular complexity index is 68.8. The number of halogens is 1. The van der Waals surface area contributed by atoms with Crippen molar-refractivity contribution in [1.29, 1.82) is 0 Å². The Kier molecular flexibility index (Phi) is 1.81. The fourth-order valence-corrected chi connectivity index (χ4v) is 0.822. The molecule has 0 bridgehead atoms. The molecular weight excluding hydrogens is 107 g/mol. The van der Waals surface area contributed by atoms with Crippen molar-refractivity contribution in [3.8, 4) is 0 Å². The van der Waals surface area contributed by atoms with Crippen LogP contribution in [0.15, 0.2) is 0 Å². The van der Waals surface area contributed by atoms with Gasteiger partial charge in [-0.05, 0) is 6.92 Å². The van der Waals surface area contributed by atoms with Crippen LogP contribution in [0, 0.1) is 0 Å². The van der Waals surface area contributed by atoms with E-state index in [1.165, 1.54) is 0 Å². The van der Waals surface area contributed by atoms with Crippen LogP contribution >= 0.6 is 0 Å². The predicted molar refractivity (Wildman–Crippen MR) is 29.1 cm³/mol. The van der Waals surface area contributed by atoms with E-state index in [9.17, 15) is 4.48 Å². The van der Waals surface area contributed by atoms with Gasteiger partial charge in [0.2, 0.25) is 0 Å². The van der Waals surface area contributed by atoms with Crippen LogP contribution in [0.25, 0.3) is 0 Å². The zero-order valence-electron chi connectivity index (χ0n) is 4.97. The second-order valence-corrected chi connectivity index (χ2v) is 2.12. The molecule has 8 heavy (non-hydrogen) atoms. The fourth-order valence-electron chi connectivity index (χ4n) is 0.822. The molecule has 1 aliphatic heterocycles. The molecule has 0 saturated carbocycles. The van der Waals surface area contributed by atoms with Crippen molar-refractivity contribution in [3.63, 3.8) is 0 Å². The first-order valence-corrected chi connectivity index (χ1v) is 2.86. The molecular formula is C5H10FN2. The molecule has 0 spiro atoms. The van der Waals surface area contributed by atoms with Crippen LogP contribution in [0.2, 0.25) is 0 Å². The largest absolute Gasteiger partial charge is 0.236 e. The van der Waals surface area contributed by atoms with Gasteiger partial charge in [-0.3, -0.25) is 0 Å². The fraction of sp³-hybridized carbons (Fsp3) is 1.00. The van der Waals surface area contributed by atoms with Crippen LogP contribution in [0.3, 0.4) is 0 Å². The van der Waals surface area contributed by atoms with Gasteiger partial charge in [0.25, 0.3) is 0 Å². The minimum Gasteiger partial charge on any atom is -0.236 e. The number of hydrogen-bond acceptors (Lipinski definition) is 1. The van der Waals surface area contributed by atoms with Crippen molar-refractivity contribution >= 4 is 0 Å². The molecule has 47 valence electrons. The maximum absolute atomic E-state index is 12.2. The average Bonchev–Trinajstić information content (AvgIpc) is 1.64. The second-order valence-electron chi connectivity index (χ2n) is 2.12. The highest BCUT2D eigenvalue weighted by Crippen LogP contribution is 1.98. The van der Waals surface area contributed by atoms with Gasteiger partial charge in [0, 0.05) is 25.7 Å². The van der Waals surface area contributed by atoms with Crippen molar-refractivity contribution in [3.05, 3.63) is 0 Å². The topological polar surface area (TPSA) is 17.3 Å². The third-order valence-electron chi connectivity index (χ3n) is 1.25. The summed E-state index contributed by atoms with van der Waals surface area (Å²) in [5, 5.41) is 4.92. The minimum absolute atomic E-state index is 0.189. The molecule has 0 aromatic rings. The summed E-state index contributed by atoms with van der Waals surface area (Å²) < 4.78 is 12.2. The molecule has 0 N–H and O–H groups in total. The van der Waals surface area contributed by atoms with Gasteiger partial charge in [0.15, 0.2) is 0 Å². The monoisotopic (exact) mass is 117 g/mol. The highest BCUT2D eigenvalue weighted by molar-refractivity contribution is 4.68. The molecule has 3 heteroatoms. The molecule has 1 atom stereocenters. The maximum atomic E-state index is 12.2. The van der Waals surface area contributed by atoms with Crippen LogP contribution in [0.1, 0.15) is 6.92 Å². The van der Waals surface area contributed by atoms with Gasteiger partial charge in [0.05, 0.1) is 0 Å². The summed E-state index contributed by atoms with van der Waals surface area (Å²) in [6.45, 7) is 3.52. The molecule has 1 aliphatic rings. The normalized spacial score (nSPS) is 33.0. The molecule has 0 aromatic carbocycles. The lowest BCUT2D eigenvalue weighted by Gasteiger charge is -2.22. The van der Waals surface area contributed by atoms with E-state index in [4.69, 9.17) is 0 Å². The average molecular weight is 117 g/mol. The Morgan fingerprint density at radius 3 is 2.88 bits per heavy atom. The van der Waals surface area contributed by atoms with Crippen molar-refractivity contribution in [2.45, 2.75) is 13.0 Å². The summed E-state index contributed by atoms with van der Waals surface area (Å²) in [6, 6.07) is 0.189. The molecule has 1 saturated heterocycles. The van der Waals surface area contributed by atoms with E-state index >= 15 is 0 Å². The highest BCUT2D eigenvalue weighted by Gasteiger charge is 2.14. The summed E-state index contributed by atoms with van der Waals surface area (Å²) >= 11 is 0. The van der Waals surface area contributed by atoms with E-state index in [1.807, 2.05) is 6.92 Å². The Morgan fingerprint density at radius 2 is 2.50 bits per heavy atom. The third-order valence-corrected chi connectivity index (χ3v) is 1.25. The first-order chi connectivity index (χ1) is 3.79. The van der Waals surface area contributed by atoms with Crippen molar-refractivity contribution in [2.75, 3.05) is 19.6 Å². The van der Waals surface area contributed by atoms with Crippen LogP contribution in [-0.2, 0) is 0 Å². The van der Waals surface area contributed by atoms with Gasteiger partial charge in [-0.15, -0.1) is 9.60 Å². The number of rotatable bonds is 0. The minimum atomic E-state index is 0.189. The quantitative estimate of drug-likeness (QED) is 0.414. The smallest absolute Gasteiger partial charge is 0.0458 e. The van der Waals surface area contributed by atoms with Crippen LogP contribution in [0.4, 0.5) is 4.48 Å². The first-order valence-electron chi connectivity index (χ1n) is 2.86. The Labute approximate surface area is 48.6 Å². The van der Waals surface area contributed by atoms with Crippen LogP contribution in [-0.4, -0.2) is 30.8 Å². The van der Waals surface area contributed by atoms with Gasteiger partial charge in [-0.1, -0.05) is 0 Å². The Morgan fingerprint density at radius 1 is 1.75 bits per heavy atom. The van der Waals surface area contributed by atoms with E-state index < -0.39 is 0 Å². The SMILES string of the molecule is CC1CN(F)CC[N]1. The van der Waals surface area contributed by atoms with E-state index in [0.29, 0.717) is 19.6 Å². The molecule has 1 heterocycles. The third kappa shape index (κ3) is 1.42. The van der Waals surface area contributed by atoms with Crippen molar-refractivity contribution < 1.29 is 4.48 Å². The molecule has 0 aromatic heterocycles. The van der Waals surface area contributed by atoms with Crippen LogP contribution in [0.5, 0.6) is 0 Å². The predicted octanol–water partition coefficient (Wildman–Crippen LogP) is 0.179. The lowest BCUT2D eigenvalue weighted by Crippen LogP contribution is -2.41. The van der Waals surface area contributed by atoms with Gasteiger partial charge in [-0.25, -0.2) is 5.32 Å². The van der Waals surface area contributed by atoms with E-state index in [0.717, 1.165) is 5.12 Å². The summed E-state index contributed by atoms with van der Waals surface area (Å²) in [6.07, 6.45) is 0. The summed E-state index contributed by atoms with van der Waals surface area (Å²) in [5.74, 6) is 0. The molecule has 0 amide bonds. The maximum Gasteiger partial charge on any atom is 0.0458 e. The van der Waals surface area contributed by atoms with Gasteiger partial charge in [-0.2, -0.15) is 0 Å². The highest BCUT2D eigenvalue weighted by atomic mass is 19.2. The molecule has 1 rings (SSSR count). The van der Waals surface area contributed by atoms with Gasteiger partial charge >= 0.3 is 0 Å². The van der Waals surface area contributed by atoms with Crippen molar-refractivity contribution in [2.24, 2.45) is 0 Å². The standard InChI is InChI=1S/C5H10FN2/c1-5-4-8(6)3-2-7-5/h5H,2-4H2,1H3. The number of hydrogen-bond donors (Lipinski definition) is 0. The first kappa shape index (κ1) is 5.98. The van der Waals surface area contributed by atoms with Crippen molar-refractivity contribution in [1.82, 2.24) is 10.4 Å². The van der Waals surface area contributed by atoms with E-state index in [2.05, 4.69) is 5.32 Å². The molecule has 1 unspecified atom stereocenters. The van der Waals surface area contributed by atoms with Gasteiger partial charge < -0.3 is 0 Å². The number of nitrogens with zero attached hydrogens (tertiary/aromatic N) is 2. The summed E-state index contributed by atoms with van der Waals surface area (Å²) in [5.41, 5.74) is 0. The molecule has 1 fully saturated rings. The summed E-state index contributed by atoms with van der Waals surface area (Å²) in [4.78, 5) is 0. The van der Waals surface area contributed by atoms with E-state index in [1.54, 1.807) is 0 Å².